The van der Waals surface area contributed by atoms with Gasteiger partial charge in [-0.1, -0.05) is 0 Å². The van der Waals surface area contributed by atoms with Gasteiger partial charge in [-0.25, -0.2) is 10.5 Å². The van der Waals surface area contributed by atoms with Crippen molar-refractivity contribution in [3.8, 4) is 0 Å². The van der Waals surface area contributed by atoms with E-state index in [4.69, 9.17) is 0 Å². The molecule has 0 aromatic carbocycles. The fourth-order valence-corrected chi connectivity index (χ4v) is 0.841. The summed E-state index contributed by atoms with van der Waals surface area (Å²) in [6, 6.07) is 0. The number of thiazole rings is 1. The maximum absolute atomic E-state index is 4.58. The summed E-state index contributed by atoms with van der Waals surface area (Å²) in [5, 5.41) is 1.86. The maximum Gasteiger partial charge on any atom is 0.160 e. The molecular formula is C4H6N2OS. The standard InChI is InChI=1S/C4H6N2OS/c1-7-6-4-2-8-3-5-4/h2-3,6H,1H3. The second-order valence-electron chi connectivity index (χ2n) is 1.18. The number of aromatic nitrogens is 1. The first-order valence-corrected chi connectivity index (χ1v) is 3.05. The summed E-state index contributed by atoms with van der Waals surface area (Å²) >= 11 is 1.53. The molecule has 1 heterocycles. The van der Waals surface area contributed by atoms with E-state index in [9.17, 15) is 0 Å². The predicted molar refractivity (Wildman–Crippen MR) is 32.7 cm³/mol. The van der Waals surface area contributed by atoms with E-state index in [1.165, 1.54) is 11.3 Å². The van der Waals surface area contributed by atoms with Gasteiger partial charge in [0.1, 0.15) is 0 Å². The van der Waals surface area contributed by atoms with Crippen molar-refractivity contribution in [1.29, 1.82) is 0 Å². The van der Waals surface area contributed by atoms with Crippen molar-refractivity contribution in [1.82, 2.24) is 4.98 Å². The minimum atomic E-state index is 0.762. The first-order valence-electron chi connectivity index (χ1n) is 2.10. The molecule has 1 N–H and O–H groups in total. The number of anilines is 1. The third kappa shape index (κ3) is 1.18. The Morgan fingerprint density at radius 3 is 3.25 bits per heavy atom. The zero-order valence-electron chi connectivity index (χ0n) is 4.42. The molecule has 1 rings (SSSR count). The largest absolute Gasteiger partial charge is 0.278 e. The zero-order valence-corrected chi connectivity index (χ0v) is 5.23. The van der Waals surface area contributed by atoms with Crippen LogP contribution in [0.3, 0.4) is 0 Å². The second-order valence-corrected chi connectivity index (χ2v) is 1.90. The lowest BCUT2D eigenvalue weighted by atomic mass is 10.8. The summed E-state index contributed by atoms with van der Waals surface area (Å²) in [6.45, 7) is 0. The minimum Gasteiger partial charge on any atom is -0.278 e. The lowest BCUT2D eigenvalue weighted by Gasteiger charge is -1.93. The molecule has 0 spiro atoms. The van der Waals surface area contributed by atoms with Crippen LogP contribution in [0, 0.1) is 0 Å². The molecule has 0 aliphatic carbocycles. The summed E-state index contributed by atoms with van der Waals surface area (Å²) in [4.78, 5) is 8.47. The molecule has 0 atom stereocenters. The van der Waals surface area contributed by atoms with Crippen molar-refractivity contribution in [3.63, 3.8) is 0 Å². The third-order valence-electron chi connectivity index (χ3n) is 0.639. The van der Waals surface area contributed by atoms with Gasteiger partial charge in [-0.15, -0.1) is 11.3 Å². The van der Waals surface area contributed by atoms with Crippen LogP contribution in [0.2, 0.25) is 0 Å². The van der Waals surface area contributed by atoms with Crippen molar-refractivity contribution in [2.45, 2.75) is 0 Å². The zero-order chi connectivity index (χ0) is 5.82. The number of hydrogen-bond acceptors (Lipinski definition) is 4. The van der Waals surface area contributed by atoms with E-state index >= 15 is 0 Å². The average Bonchev–Trinajstić information content (AvgIpc) is 2.19. The van der Waals surface area contributed by atoms with Crippen LogP contribution in [0.4, 0.5) is 5.82 Å². The molecule has 8 heavy (non-hydrogen) atoms. The molecule has 0 fully saturated rings. The fourth-order valence-electron chi connectivity index (χ4n) is 0.367. The SMILES string of the molecule is CONc1cscn1. The molecular weight excluding hydrogens is 124 g/mol. The average molecular weight is 130 g/mol. The monoisotopic (exact) mass is 130 g/mol. The Morgan fingerprint density at radius 1 is 1.88 bits per heavy atom. The van der Waals surface area contributed by atoms with Crippen LogP contribution in [0.25, 0.3) is 0 Å². The summed E-state index contributed by atoms with van der Waals surface area (Å²) in [5.41, 5.74) is 4.32. The van der Waals surface area contributed by atoms with E-state index in [0.717, 1.165) is 5.82 Å². The minimum absolute atomic E-state index is 0.762. The molecule has 0 saturated heterocycles. The summed E-state index contributed by atoms with van der Waals surface area (Å²) in [7, 11) is 1.55. The van der Waals surface area contributed by atoms with Gasteiger partial charge in [0.25, 0.3) is 0 Å². The van der Waals surface area contributed by atoms with E-state index in [-0.39, 0.29) is 0 Å². The highest BCUT2D eigenvalue weighted by Gasteiger charge is 1.86. The van der Waals surface area contributed by atoms with Crippen molar-refractivity contribution in [3.05, 3.63) is 10.9 Å². The Labute approximate surface area is 51.3 Å². The van der Waals surface area contributed by atoms with Gasteiger partial charge < -0.3 is 0 Å². The van der Waals surface area contributed by atoms with E-state index in [1.54, 1.807) is 12.6 Å². The van der Waals surface area contributed by atoms with Gasteiger partial charge >= 0.3 is 0 Å². The lowest BCUT2D eigenvalue weighted by molar-refractivity contribution is 0.269. The highest BCUT2D eigenvalue weighted by Crippen LogP contribution is 2.04. The fraction of sp³-hybridized carbons (Fsp3) is 0.250. The van der Waals surface area contributed by atoms with Crippen LogP contribution >= 0.6 is 11.3 Å². The molecule has 4 heteroatoms. The molecule has 0 aliphatic rings. The van der Waals surface area contributed by atoms with E-state index in [0.29, 0.717) is 0 Å². The molecule has 1 aromatic rings. The number of hydrogen-bond donors (Lipinski definition) is 1. The van der Waals surface area contributed by atoms with Gasteiger partial charge in [-0.2, -0.15) is 0 Å². The van der Waals surface area contributed by atoms with Crippen LogP contribution in [0.15, 0.2) is 10.9 Å². The van der Waals surface area contributed by atoms with Crippen molar-refractivity contribution in [2.75, 3.05) is 12.6 Å². The van der Waals surface area contributed by atoms with Crippen LogP contribution in [0.1, 0.15) is 0 Å². The molecule has 44 valence electrons. The molecule has 0 radical (unpaired) electrons. The van der Waals surface area contributed by atoms with Gasteiger partial charge in [0.2, 0.25) is 0 Å². The Bertz CT molecular complexity index is 140. The smallest absolute Gasteiger partial charge is 0.160 e. The van der Waals surface area contributed by atoms with Crippen molar-refractivity contribution < 1.29 is 4.84 Å². The van der Waals surface area contributed by atoms with E-state index in [2.05, 4.69) is 15.3 Å². The van der Waals surface area contributed by atoms with Gasteiger partial charge in [-0.3, -0.25) is 4.84 Å². The Hall–Kier alpha value is -0.610. The topological polar surface area (TPSA) is 34.1 Å². The molecule has 0 unspecified atom stereocenters. The normalized spacial score (nSPS) is 9.12. The first-order chi connectivity index (χ1) is 3.93. The van der Waals surface area contributed by atoms with Crippen molar-refractivity contribution in [2.24, 2.45) is 0 Å². The van der Waals surface area contributed by atoms with Crippen LogP contribution in [-0.4, -0.2) is 12.1 Å². The lowest BCUT2D eigenvalue weighted by Crippen LogP contribution is -1.94. The van der Waals surface area contributed by atoms with Crippen molar-refractivity contribution >= 4 is 17.2 Å². The predicted octanol–water partition coefficient (Wildman–Crippen LogP) is 1.12. The van der Waals surface area contributed by atoms with Gasteiger partial charge in [0, 0.05) is 5.38 Å². The first kappa shape index (κ1) is 5.53. The third-order valence-corrected chi connectivity index (χ3v) is 1.23. The number of nitrogens with one attached hydrogen (secondary N) is 1. The van der Waals surface area contributed by atoms with E-state index < -0.39 is 0 Å². The molecule has 3 nitrogen and oxygen atoms in total. The molecule has 0 saturated carbocycles. The summed E-state index contributed by atoms with van der Waals surface area (Å²) < 4.78 is 0. The van der Waals surface area contributed by atoms with Crippen LogP contribution < -0.4 is 5.48 Å². The van der Waals surface area contributed by atoms with Gasteiger partial charge in [-0.05, 0) is 0 Å². The Balaban J connectivity index is 2.50. The molecule has 0 aliphatic heterocycles. The Morgan fingerprint density at radius 2 is 2.75 bits per heavy atom. The molecule has 0 bridgehead atoms. The molecule has 1 aromatic heterocycles. The highest BCUT2D eigenvalue weighted by atomic mass is 32.1. The number of rotatable bonds is 2. The quantitative estimate of drug-likeness (QED) is 0.609. The van der Waals surface area contributed by atoms with Gasteiger partial charge in [0.05, 0.1) is 12.6 Å². The molecule has 0 amide bonds. The Kier molecular flexibility index (Phi) is 1.82. The van der Waals surface area contributed by atoms with E-state index in [1.807, 2.05) is 5.38 Å². The summed E-state index contributed by atoms with van der Waals surface area (Å²) in [5.74, 6) is 0.762. The second kappa shape index (κ2) is 2.64. The number of nitrogens with zero attached hydrogens (tertiary/aromatic N) is 1. The highest BCUT2D eigenvalue weighted by molar-refractivity contribution is 7.07. The van der Waals surface area contributed by atoms with Crippen LogP contribution in [0.5, 0.6) is 0 Å². The van der Waals surface area contributed by atoms with Crippen LogP contribution in [-0.2, 0) is 4.84 Å². The summed E-state index contributed by atoms with van der Waals surface area (Å²) in [6.07, 6.45) is 0. The maximum atomic E-state index is 4.58. The van der Waals surface area contributed by atoms with Gasteiger partial charge in [0.15, 0.2) is 5.82 Å².